The number of hydrogen-bond donors (Lipinski definition) is 2. The van der Waals surface area contributed by atoms with Crippen LogP contribution in [0, 0.1) is 0 Å². The Balaban J connectivity index is 1.53. The number of aromatic hydroxyl groups is 1. The highest BCUT2D eigenvalue weighted by Gasteiger charge is 2.22. The van der Waals surface area contributed by atoms with Crippen molar-refractivity contribution in [1.29, 1.82) is 0 Å². The summed E-state index contributed by atoms with van der Waals surface area (Å²) >= 11 is 0. The molecule has 0 saturated heterocycles. The summed E-state index contributed by atoms with van der Waals surface area (Å²) in [7, 11) is 0. The summed E-state index contributed by atoms with van der Waals surface area (Å²) in [5, 5.41) is 32.8. The lowest BCUT2D eigenvalue weighted by Crippen LogP contribution is -2.09. The molecule has 5 aromatic rings. The topological polar surface area (TPSA) is 128 Å². The molecular formula is C25H26N8O2. The van der Waals surface area contributed by atoms with E-state index in [9.17, 15) is 5.11 Å². The van der Waals surface area contributed by atoms with Crippen molar-refractivity contribution >= 4 is 11.0 Å². The van der Waals surface area contributed by atoms with Gasteiger partial charge in [-0.05, 0) is 41.0 Å². The molecule has 2 aromatic carbocycles. The first-order valence-corrected chi connectivity index (χ1v) is 11.5. The van der Waals surface area contributed by atoms with Crippen LogP contribution in [0.3, 0.4) is 0 Å². The fourth-order valence-electron chi connectivity index (χ4n) is 4.12. The number of H-pyrrole nitrogens is 1. The number of nitrogens with one attached hydrogen (secondary N) is 1. The maximum absolute atomic E-state index is 10.6. The molecule has 10 heteroatoms. The third kappa shape index (κ3) is 4.30. The van der Waals surface area contributed by atoms with Crippen LogP contribution in [0.1, 0.15) is 45.0 Å². The molecule has 5 rings (SSSR count). The van der Waals surface area contributed by atoms with Crippen molar-refractivity contribution in [1.82, 2.24) is 40.4 Å². The molecule has 0 radical (unpaired) electrons. The van der Waals surface area contributed by atoms with Crippen LogP contribution >= 0.6 is 0 Å². The minimum atomic E-state index is -0.165. The molecule has 0 fully saturated rings. The van der Waals surface area contributed by atoms with Crippen molar-refractivity contribution in [2.75, 3.05) is 0 Å². The van der Waals surface area contributed by atoms with Gasteiger partial charge in [-0.3, -0.25) is 0 Å². The smallest absolute Gasteiger partial charge is 0.262 e. The van der Waals surface area contributed by atoms with E-state index >= 15 is 0 Å². The molecule has 35 heavy (non-hydrogen) atoms. The van der Waals surface area contributed by atoms with E-state index in [0.717, 1.165) is 28.1 Å². The summed E-state index contributed by atoms with van der Waals surface area (Å²) in [6.07, 6.45) is -0.0899. The summed E-state index contributed by atoms with van der Waals surface area (Å²) in [4.78, 5) is 4.78. The summed E-state index contributed by atoms with van der Waals surface area (Å²) in [6.45, 7) is 8.48. The van der Waals surface area contributed by atoms with Crippen LogP contribution in [0.5, 0.6) is 11.8 Å². The Morgan fingerprint density at radius 1 is 0.943 bits per heavy atom. The van der Waals surface area contributed by atoms with E-state index in [1.807, 2.05) is 42.7 Å². The van der Waals surface area contributed by atoms with Crippen molar-refractivity contribution in [3.05, 3.63) is 59.9 Å². The SMILES string of the molecule is CC(C)Oc1nnc(O)c2c1nc(C(C)C)n2Cc1ccc(-c2ccccc2-c2nnn[nH]2)cc1. The highest BCUT2D eigenvalue weighted by molar-refractivity contribution is 5.85. The van der Waals surface area contributed by atoms with Crippen LogP contribution < -0.4 is 4.74 Å². The number of hydrogen-bond acceptors (Lipinski definition) is 8. The molecule has 0 bridgehead atoms. The van der Waals surface area contributed by atoms with Gasteiger partial charge in [0.15, 0.2) is 11.3 Å². The van der Waals surface area contributed by atoms with Gasteiger partial charge < -0.3 is 14.4 Å². The lowest BCUT2D eigenvalue weighted by atomic mass is 9.98. The zero-order chi connectivity index (χ0) is 24.5. The van der Waals surface area contributed by atoms with E-state index in [2.05, 4.69) is 68.9 Å². The van der Waals surface area contributed by atoms with Gasteiger partial charge in [0.05, 0.1) is 6.10 Å². The van der Waals surface area contributed by atoms with Crippen LogP contribution in [0.25, 0.3) is 33.5 Å². The van der Waals surface area contributed by atoms with Gasteiger partial charge in [-0.25, -0.2) is 10.1 Å². The number of tetrazole rings is 1. The molecule has 3 heterocycles. The number of nitrogens with zero attached hydrogens (tertiary/aromatic N) is 7. The largest absolute Gasteiger partial charge is 0.491 e. The Labute approximate surface area is 202 Å². The molecule has 0 amide bonds. The third-order valence-corrected chi connectivity index (χ3v) is 5.64. The molecule has 0 aliphatic heterocycles. The quantitative estimate of drug-likeness (QED) is 0.360. The second-order valence-corrected chi connectivity index (χ2v) is 8.90. The predicted octanol–water partition coefficient (Wildman–Crippen LogP) is 4.34. The van der Waals surface area contributed by atoms with Crippen LogP contribution in [-0.4, -0.2) is 51.6 Å². The first-order chi connectivity index (χ1) is 16.9. The van der Waals surface area contributed by atoms with E-state index < -0.39 is 0 Å². The minimum absolute atomic E-state index is 0.0899. The first-order valence-electron chi connectivity index (χ1n) is 11.5. The van der Waals surface area contributed by atoms with Crippen molar-refractivity contribution < 1.29 is 9.84 Å². The van der Waals surface area contributed by atoms with Gasteiger partial charge in [0, 0.05) is 18.0 Å². The average Bonchev–Trinajstić information content (AvgIpc) is 3.51. The number of imidazole rings is 1. The van der Waals surface area contributed by atoms with Gasteiger partial charge in [0.1, 0.15) is 11.3 Å². The van der Waals surface area contributed by atoms with Gasteiger partial charge >= 0.3 is 0 Å². The van der Waals surface area contributed by atoms with E-state index in [0.29, 0.717) is 29.3 Å². The van der Waals surface area contributed by atoms with Crippen molar-refractivity contribution in [2.45, 2.75) is 46.3 Å². The highest BCUT2D eigenvalue weighted by Crippen LogP contribution is 2.33. The Morgan fingerprint density at radius 3 is 2.34 bits per heavy atom. The lowest BCUT2D eigenvalue weighted by Gasteiger charge is -2.13. The highest BCUT2D eigenvalue weighted by atomic mass is 16.5. The average molecular weight is 471 g/mol. The zero-order valence-electron chi connectivity index (χ0n) is 20.0. The van der Waals surface area contributed by atoms with Gasteiger partial charge in [-0.2, -0.15) is 0 Å². The monoisotopic (exact) mass is 470 g/mol. The third-order valence-electron chi connectivity index (χ3n) is 5.64. The minimum Gasteiger partial charge on any atom is -0.491 e. The van der Waals surface area contributed by atoms with Crippen molar-refractivity contribution in [2.24, 2.45) is 0 Å². The number of aromatic nitrogens is 8. The molecule has 0 atom stereocenters. The van der Waals surface area contributed by atoms with Crippen LogP contribution in [-0.2, 0) is 6.54 Å². The van der Waals surface area contributed by atoms with Gasteiger partial charge in [0.2, 0.25) is 0 Å². The van der Waals surface area contributed by atoms with Crippen LogP contribution in [0.4, 0.5) is 0 Å². The van der Waals surface area contributed by atoms with E-state index in [1.165, 1.54) is 0 Å². The molecule has 0 aliphatic carbocycles. The first kappa shape index (κ1) is 22.5. The molecule has 0 saturated carbocycles. The predicted molar refractivity (Wildman–Crippen MR) is 131 cm³/mol. The van der Waals surface area contributed by atoms with Crippen LogP contribution in [0.15, 0.2) is 48.5 Å². The number of aromatic amines is 1. The van der Waals surface area contributed by atoms with Crippen molar-refractivity contribution in [3.8, 4) is 34.3 Å². The second-order valence-electron chi connectivity index (χ2n) is 8.90. The molecule has 2 N–H and O–H groups in total. The molecule has 10 nitrogen and oxygen atoms in total. The molecular weight excluding hydrogens is 444 g/mol. The van der Waals surface area contributed by atoms with Crippen LogP contribution in [0.2, 0.25) is 0 Å². The molecule has 3 aromatic heterocycles. The Hall–Kier alpha value is -4.34. The molecule has 0 aliphatic rings. The fraction of sp³-hybridized carbons (Fsp3) is 0.280. The summed E-state index contributed by atoms with van der Waals surface area (Å²) in [6, 6.07) is 16.2. The zero-order valence-corrected chi connectivity index (χ0v) is 20.0. The summed E-state index contributed by atoms with van der Waals surface area (Å²) in [5.41, 5.74) is 5.08. The Bertz CT molecular complexity index is 1460. The number of ether oxygens (including phenoxy) is 1. The maximum atomic E-state index is 10.6. The Kier molecular flexibility index (Phi) is 5.86. The number of benzene rings is 2. The maximum Gasteiger partial charge on any atom is 0.262 e. The van der Waals surface area contributed by atoms with E-state index in [-0.39, 0.29) is 17.9 Å². The van der Waals surface area contributed by atoms with E-state index in [1.54, 1.807) is 0 Å². The standard InChI is InChI=1S/C25H26N8O2/c1-14(2)23-26-20-21(24(34)29-30-25(20)35-15(3)4)33(23)13-16-9-11-17(12-10-16)18-7-5-6-8-19(18)22-27-31-32-28-22/h5-12,14-15H,13H2,1-4H3,(H,29,34)(H,27,28,31,32). The summed E-state index contributed by atoms with van der Waals surface area (Å²) < 4.78 is 7.80. The van der Waals surface area contributed by atoms with E-state index in [4.69, 9.17) is 9.72 Å². The van der Waals surface area contributed by atoms with Gasteiger partial charge in [0.25, 0.3) is 11.8 Å². The number of rotatable bonds is 7. The van der Waals surface area contributed by atoms with Crippen molar-refractivity contribution in [3.63, 3.8) is 0 Å². The molecule has 0 spiro atoms. The van der Waals surface area contributed by atoms with Gasteiger partial charge in [-0.15, -0.1) is 15.3 Å². The molecule has 0 unspecified atom stereocenters. The summed E-state index contributed by atoms with van der Waals surface area (Å²) in [5.74, 6) is 1.72. The second kappa shape index (κ2) is 9.13. The normalized spacial score (nSPS) is 11.6. The molecule has 178 valence electrons. The lowest BCUT2D eigenvalue weighted by molar-refractivity contribution is 0.232. The fourth-order valence-corrected chi connectivity index (χ4v) is 4.12. The van der Waals surface area contributed by atoms with Gasteiger partial charge in [-0.1, -0.05) is 62.4 Å². The number of fused-ring (bicyclic) bond motifs is 1. The Morgan fingerprint density at radius 2 is 1.69 bits per heavy atom.